The van der Waals surface area contributed by atoms with Crippen LogP contribution in [0.4, 0.5) is 0 Å². The van der Waals surface area contributed by atoms with Crippen molar-refractivity contribution in [1.82, 2.24) is 4.90 Å². The van der Waals surface area contributed by atoms with E-state index in [1.54, 1.807) is 0 Å². The fourth-order valence-electron chi connectivity index (χ4n) is 2.14. The normalized spacial score (nSPS) is 11.9. The van der Waals surface area contributed by atoms with Crippen LogP contribution in [0.2, 0.25) is 0 Å². The Kier molecular flexibility index (Phi) is 19.8. The summed E-state index contributed by atoms with van der Waals surface area (Å²) in [5, 5.41) is 9.17. The Bertz CT molecular complexity index is 234. The molecule has 0 heterocycles. The van der Waals surface area contributed by atoms with Crippen LogP contribution in [0.3, 0.4) is 0 Å². The van der Waals surface area contributed by atoms with Crippen molar-refractivity contribution in [2.24, 2.45) is 5.92 Å². The average molecular weight is 318 g/mol. The third-order valence-electron chi connectivity index (χ3n) is 3.65. The van der Waals surface area contributed by atoms with Gasteiger partial charge in [-0.2, -0.15) is 0 Å². The molecule has 1 unspecified atom stereocenters. The highest BCUT2D eigenvalue weighted by molar-refractivity contribution is 5.70. The number of hydrogen-bond acceptors (Lipinski definition) is 3. The Hall–Kier alpha value is -0.610. The summed E-state index contributed by atoms with van der Waals surface area (Å²) in [7, 11) is 1.96. The predicted octanol–water partition coefficient (Wildman–Crippen LogP) is 4.43. The second kappa shape index (κ2) is 18.4. The molecule has 0 aliphatic rings. The van der Waals surface area contributed by atoms with Crippen LogP contribution < -0.4 is 0 Å². The van der Waals surface area contributed by atoms with Crippen molar-refractivity contribution in [2.75, 3.05) is 33.4 Å². The van der Waals surface area contributed by atoms with Crippen LogP contribution in [0.15, 0.2) is 0 Å². The topological polar surface area (TPSA) is 49.8 Å². The van der Waals surface area contributed by atoms with Gasteiger partial charge in [0.25, 0.3) is 0 Å². The highest BCUT2D eigenvalue weighted by Crippen LogP contribution is 2.09. The van der Waals surface area contributed by atoms with E-state index in [0.29, 0.717) is 19.6 Å². The molecule has 22 heavy (non-hydrogen) atoms. The van der Waals surface area contributed by atoms with Crippen molar-refractivity contribution in [1.29, 1.82) is 0 Å². The highest BCUT2D eigenvalue weighted by Gasteiger charge is 2.18. The molecular weight excluding hydrogens is 278 g/mol. The molecule has 0 aromatic rings. The van der Waals surface area contributed by atoms with Gasteiger partial charge in [-0.1, -0.05) is 53.4 Å². The van der Waals surface area contributed by atoms with E-state index in [-0.39, 0.29) is 5.92 Å². The zero-order valence-electron chi connectivity index (χ0n) is 15.6. The van der Waals surface area contributed by atoms with E-state index in [2.05, 4.69) is 6.92 Å². The summed E-state index contributed by atoms with van der Waals surface area (Å²) < 4.78 is 5.57. The smallest absolute Gasteiger partial charge is 0.307 e. The largest absolute Gasteiger partial charge is 0.481 e. The summed E-state index contributed by atoms with van der Waals surface area (Å²) in [5.41, 5.74) is 0. The predicted molar refractivity (Wildman–Crippen MR) is 94.5 cm³/mol. The maximum atomic E-state index is 11.2. The number of carboxylic acids is 1. The van der Waals surface area contributed by atoms with Crippen LogP contribution in [-0.2, 0) is 9.53 Å². The van der Waals surface area contributed by atoms with Gasteiger partial charge in [-0.15, -0.1) is 0 Å². The molecule has 0 saturated heterocycles. The van der Waals surface area contributed by atoms with E-state index in [1.165, 1.54) is 25.7 Å². The summed E-state index contributed by atoms with van der Waals surface area (Å²) in [6.07, 6.45) is 7.78. The van der Waals surface area contributed by atoms with Gasteiger partial charge < -0.3 is 14.7 Å². The van der Waals surface area contributed by atoms with Crippen LogP contribution in [0.5, 0.6) is 0 Å². The monoisotopic (exact) mass is 317 g/mol. The molecule has 0 spiro atoms. The fourth-order valence-corrected chi connectivity index (χ4v) is 2.14. The van der Waals surface area contributed by atoms with Crippen molar-refractivity contribution < 1.29 is 14.6 Å². The van der Waals surface area contributed by atoms with E-state index < -0.39 is 5.97 Å². The van der Waals surface area contributed by atoms with Gasteiger partial charge in [-0.05, 0) is 32.9 Å². The summed E-state index contributed by atoms with van der Waals surface area (Å²) in [5.74, 6) is -0.960. The molecule has 0 rings (SSSR count). The minimum absolute atomic E-state index is 0.270. The van der Waals surface area contributed by atoms with E-state index >= 15 is 0 Å². The number of carbonyl (C=O) groups is 1. The summed E-state index contributed by atoms with van der Waals surface area (Å²) in [6.45, 7) is 11.3. The lowest BCUT2D eigenvalue weighted by atomic mass is 10.0. The van der Waals surface area contributed by atoms with Gasteiger partial charge in [0.15, 0.2) is 0 Å². The molecule has 0 amide bonds. The quantitative estimate of drug-likeness (QED) is 0.481. The summed E-state index contributed by atoms with van der Waals surface area (Å²) >= 11 is 0. The van der Waals surface area contributed by atoms with Crippen LogP contribution in [-0.4, -0.2) is 49.3 Å². The molecule has 0 saturated carbocycles. The van der Waals surface area contributed by atoms with Crippen LogP contribution in [0.1, 0.15) is 72.6 Å². The maximum absolute atomic E-state index is 11.2. The standard InChI is InChI=1S/C16H33NO3.C2H6/c1-4-6-7-8-9-12-20-13-10-11-15(16(18)19)14-17(3)5-2;1-2/h15H,4-14H2,1-3H3,(H,18,19);1-2H3. The van der Waals surface area contributed by atoms with E-state index in [1.807, 2.05) is 32.7 Å². The van der Waals surface area contributed by atoms with Crippen LogP contribution in [0, 0.1) is 5.92 Å². The average Bonchev–Trinajstić information content (AvgIpc) is 2.53. The van der Waals surface area contributed by atoms with Crippen LogP contribution in [0.25, 0.3) is 0 Å². The van der Waals surface area contributed by atoms with Gasteiger partial charge in [-0.25, -0.2) is 0 Å². The number of ether oxygens (including phenoxy) is 1. The van der Waals surface area contributed by atoms with Crippen LogP contribution >= 0.6 is 0 Å². The van der Waals surface area contributed by atoms with E-state index in [0.717, 1.165) is 26.0 Å². The van der Waals surface area contributed by atoms with Crippen molar-refractivity contribution in [3.8, 4) is 0 Å². The Balaban J connectivity index is 0. The number of nitrogens with zero attached hydrogens (tertiary/aromatic N) is 1. The molecule has 0 bridgehead atoms. The molecule has 1 N–H and O–H groups in total. The molecule has 1 atom stereocenters. The zero-order valence-corrected chi connectivity index (χ0v) is 15.6. The lowest BCUT2D eigenvalue weighted by Gasteiger charge is -2.19. The highest BCUT2D eigenvalue weighted by atomic mass is 16.5. The Morgan fingerprint density at radius 3 is 2.18 bits per heavy atom. The molecule has 4 nitrogen and oxygen atoms in total. The number of aliphatic carboxylic acids is 1. The Morgan fingerprint density at radius 1 is 1.05 bits per heavy atom. The molecule has 0 fully saturated rings. The Morgan fingerprint density at radius 2 is 1.64 bits per heavy atom. The van der Waals surface area contributed by atoms with Gasteiger partial charge in [0.2, 0.25) is 0 Å². The first-order valence-corrected chi connectivity index (χ1v) is 9.10. The number of unbranched alkanes of at least 4 members (excludes halogenated alkanes) is 4. The SMILES string of the molecule is CC.CCCCCCCOCCCC(CN(C)CC)C(=O)O. The molecule has 0 aromatic heterocycles. The van der Waals surface area contributed by atoms with Gasteiger partial charge in [-0.3, -0.25) is 4.79 Å². The summed E-state index contributed by atoms with van der Waals surface area (Å²) in [6, 6.07) is 0. The molecule has 4 heteroatoms. The number of hydrogen-bond donors (Lipinski definition) is 1. The number of rotatable bonds is 14. The maximum Gasteiger partial charge on any atom is 0.307 e. The van der Waals surface area contributed by atoms with E-state index in [4.69, 9.17) is 4.74 Å². The zero-order chi connectivity index (χ0) is 17.2. The fraction of sp³-hybridized carbons (Fsp3) is 0.944. The lowest BCUT2D eigenvalue weighted by molar-refractivity contribution is -0.142. The van der Waals surface area contributed by atoms with Gasteiger partial charge >= 0.3 is 5.97 Å². The minimum atomic E-state index is -0.690. The summed E-state index contributed by atoms with van der Waals surface area (Å²) in [4.78, 5) is 13.2. The van der Waals surface area contributed by atoms with Gasteiger partial charge in [0.1, 0.15) is 0 Å². The van der Waals surface area contributed by atoms with Gasteiger partial charge in [0, 0.05) is 19.8 Å². The van der Waals surface area contributed by atoms with E-state index in [9.17, 15) is 9.90 Å². The third kappa shape index (κ3) is 15.8. The molecular formula is C18H39NO3. The minimum Gasteiger partial charge on any atom is -0.481 e. The Labute approximate surface area is 138 Å². The van der Waals surface area contributed by atoms with Crippen molar-refractivity contribution in [3.63, 3.8) is 0 Å². The van der Waals surface area contributed by atoms with Gasteiger partial charge in [0.05, 0.1) is 5.92 Å². The van der Waals surface area contributed by atoms with Crippen molar-refractivity contribution in [3.05, 3.63) is 0 Å². The lowest BCUT2D eigenvalue weighted by Crippen LogP contribution is -2.30. The number of carboxylic acid groups (broad SMARTS) is 1. The first kappa shape index (κ1) is 23.7. The molecule has 0 radical (unpaired) electrons. The first-order chi connectivity index (χ1) is 10.6. The van der Waals surface area contributed by atoms with Crippen molar-refractivity contribution >= 4 is 5.97 Å². The molecule has 0 aliphatic heterocycles. The molecule has 0 aromatic carbocycles. The second-order valence-electron chi connectivity index (χ2n) is 5.56. The van der Waals surface area contributed by atoms with Crippen molar-refractivity contribution in [2.45, 2.75) is 72.6 Å². The first-order valence-electron chi connectivity index (χ1n) is 9.10. The molecule has 0 aliphatic carbocycles. The molecule has 134 valence electrons. The third-order valence-corrected chi connectivity index (χ3v) is 3.65. The second-order valence-corrected chi connectivity index (χ2v) is 5.56.